The Hall–Kier alpha value is -1.15. The van der Waals surface area contributed by atoms with Crippen LogP contribution in [0.25, 0.3) is 11.4 Å². The Morgan fingerprint density at radius 3 is 2.95 bits per heavy atom. The van der Waals surface area contributed by atoms with Crippen molar-refractivity contribution in [3.05, 3.63) is 39.6 Å². The number of halogens is 1. The standard InChI is InChI=1S/C15H17BrN4OS/c1-3-7-20(21)9-17-15(22-2)12-14(20)19-13(18-12)10-5-4-6-11(16)8-10/h4-6,8H,3,7,9H2,1-2H3,(H,18,19). The van der Waals surface area contributed by atoms with Crippen molar-refractivity contribution in [2.75, 3.05) is 19.5 Å². The van der Waals surface area contributed by atoms with Crippen LogP contribution in [0.1, 0.15) is 19.0 Å². The first-order valence-electron chi connectivity index (χ1n) is 7.11. The molecule has 1 N–H and O–H groups in total. The maximum absolute atomic E-state index is 13.1. The van der Waals surface area contributed by atoms with Crippen LogP contribution < -0.4 is 4.65 Å². The first-order chi connectivity index (χ1) is 10.6. The van der Waals surface area contributed by atoms with E-state index in [1.807, 2.05) is 37.4 Å². The van der Waals surface area contributed by atoms with Gasteiger partial charge in [-0.3, -0.25) is 9.63 Å². The molecule has 22 heavy (non-hydrogen) atoms. The SMILES string of the molecule is CCC[N+]1([O-])CN=C(SC)c2nc(-c3cccc(Br)c3)[nH]c21. The molecule has 0 saturated carbocycles. The molecule has 0 amide bonds. The van der Waals surface area contributed by atoms with E-state index in [0.717, 1.165) is 21.5 Å². The van der Waals surface area contributed by atoms with E-state index in [2.05, 4.69) is 30.9 Å². The third kappa shape index (κ3) is 2.74. The molecule has 1 aliphatic rings. The summed E-state index contributed by atoms with van der Waals surface area (Å²) in [6.45, 7) is 2.73. The molecule has 5 nitrogen and oxygen atoms in total. The largest absolute Gasteiger partial charge is 0.625 e. The van der Waals surface area contributed by atoms with Crippen molar-refractivity contribution in [1.82, 2.24) is 14.6 Å². The Morgan fingerprint density at radius 2 is 2.27 bits per heavy atom. The third-order valence-electron chi connectivity index (χ3n) is 3.61. The van der Waals surface area contributed by atoms with Crippen molar-refractivity contribution in [3.63, 3.8) is 0 Å². The molecule has 7 heteroatoms. The molecule has 0 spiro atoms. The van der Waals surface area contributed by atoms with Gasteiger partial charge in [0.1, 0.15) is 10.9 Å². The van der Waals surface area contributed by atoms with Crippen molar-refractivity contribution >= 4 is 38.6 Å². The van der Waals surface area contributed by atoms with Gasteiger partial charge in [-0.15, -0.1) is 11.8 Å². The van der Waals surface area contributed by atoms with Gasteiger partial charge < -0.3 is 5.21 Å². The Kier molecular flexibility index (Phi) is 4.40. The number of fused-ring (bicyclic) bond motifs is 1. The van der Waals surface area contributed by atoms with Gasteiger partial charge in [-0.1, -0.05) is 35.0 Å². The van der Waals surface area contributed by atoms with Crippen LogP contribution in [0.4, 0.5) is 5.82 Å². The summed E-state index contributed by atoms with van der Waals surface area (Å²) in [5, 5.41) is 13.9. The molecule has 0 fully saturated rings. The summed E-state index contributed by atoms with van der Waals surface area (Å²) < 4.78 is 0.520. The molecule has 0 radical (unpaired) electrons. The van der Waals surface area contributed by atoms with E-state index in [9.17, 15) is 5.21 Å². The van der Waals surface area contributed by atoms with E-state index >= 15 is 0 Å². The predicted octanol–water partition coefficient (Wildman–Crippen LogP) is 4.14. The van der Waals surface area contributed by atoms with E-state index in [4.69, 9.17) is 0 Å². The second-order valence-corrected chi connectivity index (χ2v) is 6.93. The molecule has 116 valence electrons. The van der Waals surface area contributed by atoms with Gasteiger partial charge in [0, 0.05) is 10.0 Å². The molecule has 1 atom stereocenters. The minimum Gasteiger partial charge on any atom is -0.625 e. The van der Waals surface area contributed by atoms with Crippen LogP contribution in [-0.4, -0.2) is 34.5 Å². The van der Waals surface area contributed by atoms with Crippen LogP contribution in [0.5, 0.6) is 0 Å². The van der Waals surface area contributed by atoms with E-state index in [0.29, 0.717) is 23.9 Å². The highest BCUT2D eigenvalue weighted by molar-refractivity contribution is 9.10. The van der Waals surface area contributed by atoms with Crippen LogP contribution in [0.15, 0.2) is 33.7 Å². The normalized spacial score (nSPS) is 20.6. The summed E-state index contributed by atoms with van der Waals surface area (Å²) in [7, 11) is 0. The quantitative estimate of drug-likeness (QED) is 0.642. The molecular formula is C15H17BrN4OS. The van der Waals surface area contributed by atoms with Gasteiger partial charge in [0.05, 0.1) is 6.54 Å². The van der Waals surface area contributed by atoms with Gasteiger partial charge in [-0.25, -0.2) is 9.98 Å². The first-order valence-corrected chi connectivity index (χ1v) is 9.12. The minimum atomic E-state index is -0.461. The van der Waals surface area contributed by atoms with Crippen molar-refractivity contribution in [2.45, 2.75) is 13.3 Å². The number of hydroxylamine groups is 2. The summed E-state index contributed by atoms with van der Waals surface area (Å²) in [4.78, 5) is 12.3. The lowest BCUT2D eigenvalue weighted by Crippen LogP contribution is -2.47. The Balaban J connectivity index is 2.11. The summed E-state index contributed by atoms with van der Waals surface area (Å²) in [6.07, 6.45) is 2.76. The fourth-order valence-corrected chi connectivity index (χ4v) is 3.53. The zero-order valence-corrected chi connectivity index (χ0v) is 14.9. The molecule has 1 aliphatic heterocycles. The van der Waals surface area contributed by atoms with Gasteiger partial charge in [-0.2, -0.15) is 0 Å². The van der Waals surface area contributed by atoms with Gasteiger partial charge in [-0.05, 0) is 24.8 Å². The second-order valence-electron chi connectivity index (χ2n) is 5.21. The van der Waals surface area contributed by atoms with Crippen LogP contribution >= 0.6 is 27.7 Å². The number of H-pyrrole nitrogens is 1. The fourth-order valence-electron chi connectivity index (χ4n) is 2.61. The number of imidazole rings is 1. The number of quaternary nitrogens is 1. The van der Waals surface area contributed by atoms with E-state index < -0.39 is 4.65 Å². The molecule has 1 aromatic carbocycles. The van der Waals surface area contributed by atoms with Gasteiger partial charge in [0.25, 0.3) is 0 Å². The number of aromatic amines is 1. The number of aliphatic imine (C=N–C) groups is 1. The predicted molar refractivity (Wildman–Crippen MR) is 97.0 cm³/mol. The van der Waals surface area contributed by atoms with Crippen LogP contribution in [0.3, 0.4) is 0 Å². The van der Waals surface area contributed by atoms with Crippen molar-refractivity contribution in [3.8, 4) is 11.4 Å². The molecule has 2 aromatic rings. The van der Waals surface area contributed by atoms with Crippen molar-refractivity contribution in [2.24, 2.45) is 4.99 Å². The van der Waals surface area contributed by atoms with Crippen LogP contribution in [0, 0.1) is 5.21 Å². The highest BCUT2D eigenvalue weighted by atomic mass is 79.9. The van der Waals surface area contributed by atoms with Gasteiger partial charge in [0.15, 0.2) is 12.4 Å². The monoisotopic (exact) mass is 380 g/mol. The molecule has 3 rings (SSSR count). The minimum absolute atomic E-state index is 0.219. The van der Waals surface area contributed by atoms with Crippen molar-refractivity contribution in [1.29, 1.82) is 0 Å². The number of benzene rings is 1. The maximum Gasteiger partial charge on any atom is 0.237 e. The average molecular weight is 381 g/mol. The summed E-state index contributed by atoms with van der Waals surface area (Å²) in [5.41, 5.74) is 1.64. The van der Waals surface area contributed by atoms with Gasteiger partial charge in [0.2, 0.25) is 5.82 Å². The second kappa shape index (κ2) is 6.16. The average Bonchev–Trinajstić information content (AvgIpc) is 2.95. The summed E-state index contributed by atoms with van der Waals surface area (Å²) >= 11 is 5.00. The molecule has 1 unspecified atom stereocenters. The topological polar surface area (TPSA) is 64.1 Å². The number of nitrogens with zero attached hydrogens (tertiary/aromatic N) is 3. The third-order valence-corrected chi connectivity index (χ3v) is 4.82. The molecule has 0 saturated heterocycles. The zero-order chi connectivity index (χ0) is 15.7. The van der Waals surface area contributed by atoms with Gasteiger partial charge >= 0.3 is 0 Å². The summed E-state index contributed by atoms with van der Waals surface area (Å²) in [5.74, 6) is 1.33. The number of rotatable bonds is 3. The lowest BCUT2D eigenvalue weighted by molar-refractivity contribution is 0.369. The van der Waals surface area contributed by atoms with Crippen molar-refractivity contribution < 1.29 is 0 Å². The highest BCUT2D eigenvalue weighted by Gasteiger charge is 2.33. The Bertz CT molecular complexity index is 730. The van der Waals surface area contributed by atoms with E-state index in [-0.39, 0.29) is 6.67 Å². The Labute approximate surface area is 142 Å². The number of aromatic nitrogens is 2. The number of thioether (sulfide) groups is 1. The lowest BCUT2D eigenvalue weighted by Gasteiger charge is -2.41. The lowest BCUT2D eigenvalue weighted by atomic mass is 10.2. The van der Waals surface area contributed by atoms with Crippen LogP contribution in [-0.2, 0) is 0 Å². The molecule has 0 bridgehead atoms. The molecule has 2 heterocycles. The van der Waals surface area contributed by atoms with E-state index in [1.54, 1.807) is 0 Å². The highest BCUT2D eigenvalue weighted by Crippen LogP contribution is 2.34. The smallest absolute Gasteiger partial charge is 0.237 e. The summed E-state index contributed by atoms with van der Waals surface area (Å²) in [6, 6.07) is 7.88. The molecule has 1 aromatic heterocycles. The van der Waals surface area contributed by atoms with Crippen LogP contribution in [0.2, 0.25) is 0 Å². The number of hydrogen-bond donors (Lipinski definition) is 1. The first kappa shape index (κ1) is 15.7. The zero-order valence-electron chi connectivity index (χ0n) is 12.5. The molecular weight excluding hydrogens is 364 g/mol. The maximum atomic E-state index is 13.1. The fraction of sp³-hybridized carbons (Fsp3) is 0.333. The Morgan fingerprint density at radius 1 is 1.45 bits per heavy atom. The number of hydrogen-bond acceptors (Lipinski definition) is 4. The molecule has 0 aliphatic carbocycles. The number of nitrogens with one attached hydrogen (secondary N) is 1. The van der Waals surface area contributed by atoms with E-state index in [1.165, 1.54) is 11.8 Å².